The van der Waals surface area contributed by atoms with E-state index in [1.54, 1.807) is 0 Å². The molecule has 0 aromatic rings. The molecule has 0 aromatic heterocycles. The van der Waals surface area contributed by atoms with Gasteiger partial charge in [0.25, 0.3) is 0 Å². The third kappa shape index (κ3) is 6.70. The molecule has 0 saturated heterocycles. The predicted molar refractivity (Wildman–Crippen MR) is 67.5 cm³/mol. The van der Waals surface area contributed by atoms with Crippen LogP contribution in [0.25, 0.3) is 0 Å². The van der Waals surface area contributed by atoms with Crippen LogP contribution in [0.2, 0.25) is 0 Å². The Morgan fingerprint density at radius 1 is 1.25 bits per heavy atom. The molecule has 3 nitrogen and oxygen atoms in total. The zero-order chi connectivity index (χ0) is 13.0. The molecular formula is C13H27NO2. The Balaban J connectivity index is 4.37. The molecule has 0 radical (unpaired) electrons. The van der Waals surface area contributed by atoms with Crippen LogP contribution in [0.3, 0.4) is 0 Å². The Bertz CT molecular complexity index is 231. The Morgan fingerprint density at radius 3 is 2.06 bits per heavy atom. The van der Waals surface area contributed by atoms with Crippen molar-refractivity contribution in [2.24, 2.45) is 5.92 Å². The second-order valence-electron chi connectivity index (χ2n) is 6.14. The monoisotopic (exact) mass is 229 g/mol. The van der Waals surface area contributed by atoms with Gasteiger partial charge in [-0.15, -0.1) is 0 Å². The molecule has 16 heavy (non-hydrogen) atoms. The minimum atomic E-state index is -0.434. The third-order valence-corrected chi connectivity index (χ3v) is 2.44. The van der Waals surface area contributed by atoms with Gasteiger partial charge in [0.2, 0.25) is 0 Å². The van der Waals surface area contributed by atoms with E-state index in [2.05, 4.69) is 33.0 Å². The number of amides is 1. The van der Waals surface area contributed by atoms with Crippen LogP contribution in [-0.2, 0) is 4.74 Å². The lowest BCUT2D eigenvalue weighted by molar-refractivity contribution is 0.0448. The van der Waals surface area contributed by atoms with E-state index in [1.807, 2.05) is 20.8 Å². The summed E-state index contributed by atoms with van der Waals surface area (Å²) in [5, 5.41) is 2.97. The summed E-state index contributed by atoms with van der Waals surface area (Å²) < 4.78 is 5.27. The molecule has 0 aliphatic heterocycles. The summed E-state index contributed by atoms with van der Waals surface area (Å²) in [6.45, 7) is 14.1. The van der Waals surface area contributed by atoms with Gasteiger partial charge >= 0.3 is 6.09 Å². The molecule has 0 bridgehead atoms. The van der Waals surface area contributed by atoms with Crippen molar-refractivity contribution in [3.05, 3.63) is 0 Å². The van der Waals surface area contributed by atoms with Crippen molar-refractivity contribution >= 4 is 6.09 Å². The predicted octanol–water partition coefficient (Wildman–Crippen LogP) is 3.73. The Hall–Kier alpha value is -0.730. The van der Waals surface area contributed by atoms with Crippen LogP contribution in [-0.4, -0.2) is 17.2 Å². The average molecular weight is 229 g/mol. The summed E-state index contributed by atoms with van der Waals surface area (Å²) in [5.74, 6) is 0.555. The molecule has 3 heteroatoms. The molecule has 0 aliphatic carbocycles. The minimum Gasteiger partial charge on any atom is -0.444 e. The molecule has 0 saturated carbocycles. The Kier molecular flexibility index (Phi) is 5.30. The molecule has 0 aliphatic rings. The van der Waals surface area contributed by atoms with Crippen LogP contribution < -0.4 is 5.32 Å². The molecule has 0 fully saturated rings. The number of carbonyl (C=O) groups excluding carboxylic acids is 1. The topological polar surface area (TPSA) is 38.3 Å². The van der Waals surface area contributed by atoms with Gasteiger partial charge in [0.1, 0.15) is 5.60 Å². The molecular weight excluding hydrogens is 202 g/mol. The van der Waals surface area contributed by atoms with Gasteiger partial charge in [-0.2, -0.15) is 0 Å². The van der Waals surface area contributed by atoms with E-state index in [9.17, 15) is 4.79 Å². The first-order chi connectivity index (χ1) is 7.08. The quantitative estimate of drug-likeness (QED) is 0.797. The van der Waals surface area contributed by atoms with Crippen LogP contribution in [0.15, 0.2) is 0 Å². The molecule has 1 amide bonds. The van der Waals surface area contributed by atoms with E-state index in [1.165, 1.54) is 0 Å². The van der Waals surface area contributed by atoms with Gasteiger partial charge in [0.05, 0.1) is 0 Å². The van der Waals surface area contributed by atoms with Crippen LogP contribution in [0.4, 0.5) is 4.79 Å². The molecule has 0 aromatic carbocycles. The highest BCUT2D eigenvalue weighted by atomic mass is 16.6. The highest BCUT2D eigenvalue weighted by molar-refractivity contribution is 5.68. The van der Waals surface area contributed by atoms with Gasteiger partial charge < -0.3 is 10.1 Å². The fraction of sp³-hybridized carbons (Fsp3) is 0.923. The minimum absolute atomic E-state index is 0.170. The largest absolute Gasteiger partial charge is 0.444 e. The maximum absolute atomic E-state index is 11.7. The summed E-state index contributed by atoms with van der Waals surface area (Å²) in [4.78, 5) is 11.7. The van der Waals surface area contributed by atoms with Gasteiger partial charge in [0, 0.05) is 5.54 Å². The van der Waals surface area contributed by atoms with Crippen LogP contribution >= 0.6 is 0 Å². The summed E-state index contributed by atoms with van der Waals surface area (Å²) >= 11 is 0. The van der Waals surface area contributed by atoms with Crippen molar-refractivity contribution in [2.45, 2.75) is 72.4 Å². The third-order valence-electron chi connectivity index (χ3n) is 2.44. The molecule has 96 valence electrons. The van der Waals surface area contributed by atoms with Crippen LogP contribution in [0.1, 0.15) is 61.3 Å². The summed E-state index contributed by atoms with van der Waals surface area (Å²) in [6, 6.07) is 0. The maximum atomic E-state index is 11.7. The summed E-state index contributed by atoms with van der Waals surface area (Å²) in [6.07, 6.45) is 1.55. The summed E-state index contributed by atoms with van der Waals surface area (Å²) in [5.41, 5.74) is -0.604. The van der Waals surface area contributed by atoms with Crippen molar-refractivity contribution in [1.82, 2.24) is 5.32 Å². The number of carbonyl (C=O) groups is 1. The van der Waals surface area contributed by atoms with E-state index >= 15 is 0 Å². The van der Waals surface area contributed by atoms with Crippen molar-refractivity contribution in [3.8, 4) is 0 Å². The number of ether oxygens (including phenoxy) is 1. The highest BCUT2D eigenvalue weighted by Crippen LogP contribution is 2.20. The maximum Gasteiger partial charge on any atom is 0.408 e. The van der Waals surface area contributed by atoms with Gasteiger partial charge in [0.15, 0.2) is 0 Å². The summed E-state index contributed by atoms with van der Waals surface area (Å²) in [7, 11) is 0. The number of hydrogen-bond donors (Lipinski definition) is 1. The van der Waals surface area contributed by atoms with Crippen molar-refractivity contribution < 1.29 is 9.53 Å². The van der Waals surface area contributed by atoms with E-state index < -0.39 is 5.60 Å². The van der Waals surface area contributed by atoms with Gasteiger partial charge in [-0.05, 0) is 46.5 Å². The van der Waals surface area contributed by atoms with Gasteiger partial charge in [-0.3, -0.25) is 0 Å². The Morgan fingerprint density at radius 2 is 1.75 bits per heavy atom. The van der Waals surface area contributed by atoms with Crippen molar-refractivity contribution in [2.75, 3.05) is 0 Å². The first kappa shape index (κ1) is 15.3. The number of rotatable bonds is 4. The lowest BCUT2D eigenvalue weighted by Crippen LogP contribution is -2.48. The van der Waals surface area contributed by atoms with E-state index in [0.29, 0.717) is 5.92 Å². The number of nitrogens with one attached hydrogen (secondary N) is 1. The zero-order valence-corrected chi connectivity index (χ0v) is 11.8. The molecule has 0 heterocycles. The van der Waals surface area contributed by atoms with Crippen LogP contribution in [0, 0.1) is 5.92 Å². The normalized spacial score (nSPS) is 15.8. The molecule has 1 N–H and O–H groups in total. The van der Waals surface area contributed by atoms with Crippen molar-refractivity contribution in [1.29, 1.82) is 0 Å². The SMILES string of the molecule is CCC(C)(CC(C)C)NC(=O)OC(C)(C)C. The van der Waals surface area contributed by atoms with Gasteiger partial charge in [-0.25, -0.2) is 4.79 Å². The molecule has 0 rings (SSSR count). The zero-order valence-electron chi connectivity index (χ0n) is 11.8. The smallest absolute Gasteiger partial charge is 0.408 e. The Labute approximate surface area is 99.9 Å². The standard InChI is InChI=1S/C13H27NO2/c1-8-13(7,9-10(2)3)14-11(15)16-12(4,5)6/h10H,8-9H2,1-7H3,(H,14,15). The van der Waals surface area contributed by atoms with E-state index in [-0.39, 0.29) is 11.6 Å². The molecule has 1 atom stereocenters. The second-order valence-corrected chi connectivity index (χ2v) is 6.14. The number of alkyl carbamates (subject to hydrolysis) is 1. The van der Waals surface area contributed by atoms with E-state index in [4.69, 9.17) is 4.74 Å². The second kappa shape index (κ2) is 5.55. The van der Waals surface area contributed by atoms with E-state index in [0.717, 1.165) is 12.8 Å². The molecule has 0 spiro atoms. The first-order valence-corrected chi connectivity index (χ1v) is 6.09. The van der Waals surface area contributed by atoms with Gasteiger partial charge in [-0.1, -0.05) is 20.8 Å². The fourth-order valence-corrected chi connectivity index (χ4v) is 1.73. The lowest BCUT2D eigenvalue weighted by atomic mass is 9.88. The van der Waals surface area contributed by atoms with Crippen molar-refractivity contribution in [3.63, 3.8) is 0 Å². The van der Waals surface area contributed by atoms with Crippen LogP contribution in [0.5, 0.6) is 0 Å². The average Bonchev–Trinajstić information content (AvgIpc) is 1.98. The highest BCUT2D eigenvalue weighted by Gasteiger charge is 2.27. The number of hydrogen-bond acceptors (Lipinski definition) is 2. The molecule has 1 unspecified atom stereocenters. The first-order valence-electron chi connectivity index (χ1n) is 6.09. The lowest BCUT2D eigenvalue weighted by Gasteiger charge is -2.32. The fourth-order valence-electron chi connectivity index (χ4n) is 1.73.